The van der Waals surface area contributed by atoms with E-state index in [1.54, 1.807) is 55.5 Å². The van der Waals surface area contributed by atoms with Crippen molar-refractivity contribution in [2.45, 2.75) is 27.4 Å². The summed E-state index contributed by atoms with van der Waals surface area (Å²) in [7, 11) is 0. The average molecular weight is 455 g/mol. The molecule has 6 heteroatoms. The highest BCUT2D eigenvalue weighted by molar-refractivity contribution is 6.09. The monoisotopic (exact) mass is 454 g/mol. The number of rotatable bonds is 8. The number of benzene rings is 3. The predicted molar refractivity (Wildman–Crippen MR) is 131 cm³/mol. The van der Waals surface area contributed by atoms with E-state index in [2.05, 4.69) is 31.3 Å². The molecule has 6 nitrogen and oxygen atoms in total. The van der Waals surface area contributed by atoms with Crippen LogP contribution in [0, 0.1) is 25.2 Å². The molecular formula is C28H26N2O4. The number of nitriles is 1. The summed E-state index contributed by atoms with van der Waals surface area (Å²) < 4.78 is 10.8. The average Bonchev–Trinajstić information content (AvgIpc) is 2.84. The van der Waals surface area contributed by atoms with Gasteiger partial charge in [0.25, 0.3) is 5.91 Å². The molecule has 0 saturated heterocycles. The smallest absolute Gasteiger partial charge is 0.338 e. The van der Waals surface area contributed by atoms with Crippen molar-refractivity contribution < 1.29 is 19.1 Å². The molecule has 1 N–H and O–H groups in total. The molecule has 0 spiro atoms. The summed E-state index contributed by atoms with van der Waals surface area (Å²) in [6.45, 7) is 6.62. The molecule has 0 atom stereocenters. The molecule has 0 heterocycles. The molecule has 0 radical (unpaired) electrons. The normalized spacial score (nSPS) is 10.8. The first-order chi connectivity index (χ1) is 16.4. The predicted octanol–water partition coefficient (Wildman–Crippen LogP) is 5.60. The minimum absolute atomic E-state index is 0.0433. The van der Waals surface area contributed by atoms with Crippen LogP contribution in [0.15, 0.2) is 72.3 Å². The second-order valence-corrected chi connectivity index (χ2v) is 7.70. The Morgan fingerprint density at radius 2 is 1.68 bits per heavy atom. The largest absolute Gasteiger partial charge is 0.489 e. The quantitative estimate of drug-likeness (QED) is 0.272. The SMILES string of the molecule is CCOC(=O)c1ccc(NC(=O)/C(C#N)=C/c2ccc(OCc3ccc(C)c(C)c3)cc2)cc1. The molecule has 34 heavy (non-hydrogen) atoms. The van der Waals surface area contributed by atoms with Crippen molar-refractivity contribution >= 4 is 23.6 Å². The topological polar surface area (TPSA) is 88.4 Å². The van der Waals surface area contributed by atoms with Crippen LogP contribution in [-0.4, -0.2) is 18.5 Å². The number of hydrogen-bond acceptors (Lipinski definition) is 5. The number of anilines is 1. The molecule has 0 unspecified atom stereocenters. The molecule has 0 saturated carbocycles. The van der Waals surface area contributed by atoms with E-state index in [1.807, 2.05) is 12.1 Å². The third-order valence-corrected chi connectivity index (χ3v) is 5.19. The third kappa shape index (κ3) is 6.57. The van der Waals surface area contributed by atoms with Gasteiger partial charge in [-0.15, -0.1) is 0 Å². The molecule has 0 aliphatic carbocycles. The van der Waals surface area contributed by atoms with Crippen molar-refractivity contribution in [1.29, 1.82) is 5.26 Å². The Morgan fingerprint density at radius 1 is 0.971 bits per heavy atom. The Morgan fingerprint density at radius 3 is 2.29 bits per heavy atom. The second-order valence-electron chi connectivity index (χ2n) is 7.70. The molecule has 0 aliphatic heterocycles. The molecule has 3 aromatic rings. The number of ether oxygens (including phenoxy) is 2. The first kappa shape index (κ1) is 24.3. The number of nitrogens with one attached hydrogen (secondary N) is 1. The number of hydrogen-bond donors (Lipinski definition) is 1. The molecule has 3 rings (SSSR count). The van der Waals surface area contributed by atoms with E-state index in [-0.39, 0.29) is 12.2 Å². The highest BCUT2D eigenvalue weighted by Crippen LogP contribution is 2.18. The van der Waals surface area contributed by atoms with E-state index in [0.717, 1.165) is 5.56 Å². The first-order valence-electron chi connectivity index (χ1n) is 10.9. The highest BCUT2D eigenvalue weighted by Gasteiger charge is 2.11. The standard InChI is InChI=1S/C28H26N2O4/c1-4-33-28(32)23-9-11-25(12-10-23)30-27(31)24(17-29)16-21-7-13-26(14-8-21)34-18-22-6-5-19(2)20(3)15-22/h5-16H,4,18H2,1-3H3,(H,30,31)/b24-16+. The summed E-state index contributed by atoms with van der Waals surface area (Å²) >= 11 is 0. The summed E-state index contributed by atoms with van der Waals surface area (Å²) in [5.74, 6) is -0.277. The van der Waals surface area contributed by atoms with Gasteiger partial charge in [0, 0.05) is 5.69 Å². The number of carbonyl (C=O) groups excluding carboxylic acids is 2. The van der Waals surface area contributed by atoms with Crippen molar-refractivity contribution in [2.24, 2.45) is 0 Å². The van der Waals surface area contributed by atoms with Gasteiger partial charge in [0.05, 0.1) is 12.2 Å². The fourth-order valence-corrected chi connectivity index (χ4v) is 3.14. The van der Waals surface area contributed by atoms with Crippen LogP contribution in [0.1, 0.15) is 39.5 Å². The van der Waals surface area contributed by atoms with E-state index in [0.29, 0.717) is 29.2 Å². The van der Waals surface area contributed by atoms with Gasteiger partial charge in [0.2, 0.25) is 0 Å². The Hall–Kier alpha value is -4.37. The summed E-state index contributed by atoms with van der Waals surface area (Å²) in [4.78, 5) is 24.3. The van der Waals surface area contributed by atoms with Crippen LogP contribution in [-0.2, 0) is 16.1 Å². The highest BCUT2D eigenvalue weighted by atomic mass is 16.5. The summed E-state index contributed by atoms with van der Waals surface area (Å²) in [6, 6.07) is 21.6. The van der Waals surface area contributed by atoms with Crippen molar-refractivity contribution in [3.63, 3.8) is 0 Å². The van der Waals surface area contributed by atoms with Gasteiger partial charge in [-0.3, -0.25) is 4.79 Å². The number of esters is 1. The van der Waals surface area contributed by atoms with Crippen molar-refractivity contribution in [3.8, 4) is 11.8 Å². The Labute approximate surface area is 199 Å². The van der Waals surface area contributed by atoms with Crippen LogP contribution in [0.2, 0.25) is 0 Å². The fraction of sp³-hybridized carbons (Fsp3) is 0.179. The molecule has 3 aromatic carbocycles. The zero-order valence-corrected chi connectivity index (χ0v) is 19.4. The van der Waals surface area contributed by atoms with Gasteiger partial charge in [-0.1, -0.05) is 30.3 Å². The maximum atomic E-state index is 12.5. The van der Waals surface area contributed by atoms with E-state index in [4.69, 9.17) is 9.47 Å². The van der Waals surface area contributed by atoms with Crippen molar-refractivity contribution in [1.82, 2.24) is 0 Å². The van der Waals surface area contributed by atoms with E-state index < -0.39 is 11.9 Å². The Kier molecular flexibility index (Phi) is 8.20. The van der Waals surface area contributed by atoms with Crippen molar-refractivity contribution in [3.05, 3.63) is 100 Å². The summed E-state index contributed by atoms with van der Waals surface area (Å²) in [5, 5.41) is 12.1. The van der Waals surface area contributed by atoms with E-state index in [1.165, 1.54) is 17.2 Å². The van der Waals surface area contributed by atoms with Crippen molar-refractivity contribution in [2.75, 3.05) is 11.9 Å². The lowest BCUT2D eigenvalue weighted by Gasteiger charge is -2.09. The van der Waals surface area contributed by atoms with E-state index >= 15 is 0 Å². The van der Waals surface area contributed by atoms with Crippen LogP contribution >= 0.6 is 0 Å². The third-order valence-electron chi connectivity index (χ3n) is 5.19. The molecule has 0 fully saturated rings. The number of carbonyl (C=O) groups is 2. The van der Waals surface area contributed by atoms with Gasteiger partial charge in [-0.2, -0.15) is 5.26 Å². The maximum absolute atomic E-state index is 12.5. The molecule has 172 valence electrons. The van der Waals surface area contributed by atoms with Gasteiger partial charge in [0.15, 0.2) is 0 Å². The van der Waals surface area contributed by atoms with Gasteiger partial charge in [-0.05, 0) is 85.5 Å². The molecule has 0 aromatic heterocycles. The summed E-state index contributed by atoms with van der Waals surface area (Å²) in [5.41, 5.74) is 5.06. The van der Waals surface area contributed by atoms with Crippen LogP contribution in [0.5, 0.6) is 5.75 Å². The second kappa shape index (κ2) is 11.5. The zero-order chi connectivity index (χ0) is 24.5. The maximum Gasteiger partial charge on any atom is 0.338 e. The van der Waals surface area contributed by atoms with Gasteiger partial charge >= 0.3 is 5.97 Å². The number of nitrogens with zero attached hydrogens (tertiary/aromatic N) is 1. The fourth-order valence-electron chi connectivity index (χ4n) is 3.14. The summed E-state index contributed by atoms with van der Waals surface area (Å²) in [6.07, 6.45) is 1.51. The molecule has 0 bridgehead atoms. The van der Waals surface area contributed by atoms with Crippen LogP contribution in [0.4, 0.5) is 5.69 Å². The molecule has 1 amide bonds. The Bertz CT molecular complexity index is 1240. The van der Waals surface area contributed by atoms with Gasteiger partial charge < -0.3 is 14.8 Å². The molecule has 0 aliphatic rings. The van der Waals surface area contributed by atoms with Crippen LogP contribution in [0.3, 0.4) is 0 Å². The lowest BCUT2D eigenvalue weighted by Crippen LogP contribution is -2.13. The lowest BCUT2D eigenvalue weighted by molar-refractivity contribution is -0.112. The van der Waals surface area contributed by atoms with Gasteiger partial charge in [-0.25, -0.2) is 4.79 Å². The van der Waals surface area contributed by atoms with E-state index in [9.17, 15) is 14.9 Å². The Balaban J connectivity index is 1.61. The minimum Gasteiger partial charge on any atom is -0.489 e. The zero-order valence-electron chi connectivity index (χ0n) is 19.4. The first-order valence-corrected chi connectivity index (χ1v) is 10.9. The lowest BCUT2D eigenvalue weighted by atomic mass is 10.1. The number of amides is 1. The molecular weight excluding hydrogens is 428 g/mol. The minimum atomic E-state index is -0.540. The van der Waals surface area contributed by atoms with Gasteiger partial charge in [0.1, 0.15) is 24.0 Å². The van der Waals surface area contributed by atoms with Crippen LogP contribution in [0.25, 0.3) is 6.08 Å². The number of aryl methyl sites for hydroxylation is 2. The van der Waals surface area contributed by atoms with Crippen LogP contribution < -0.4 is 10.1 Å².